The SMILES string of the molecule is CC(C)(C)OC(=O)N1CCO[C@H](CCBr)C1. The van der Waals surface area contributed by atoms with Gasteiger partial charge in [0.25, 0.3) is 0 Å². The first-order valence-corrected chi connectivity index (χ1v) is 6.70. The number of ether oxygens (including phenoxy) is 2. The first-order valence-electron chi connectivity index (χ1n) is 5.58. The van der Waals surface area contributed by atoms with Gasteiger partial charge < -0.3 is 14.4 Å². The predicted molar refractivity (Wildman–Crippen MR) is 66.0 cm³/mol. The molecule has 0 radical (unpaired) electrons. The zero-order valence-corrected chi connectivity index (χ0v) is 11.7. The second-order valence-electron chi connectivity index (χ2n) is 4.90. The van der Waals surface area contributed by atoms with E-state index >= 15 is 0 Å². The number of alkyl halides is 1. The van der Waals surface area contributed by atoms with Gasteiger partial charge in [-0.1, -0.05) is 15.9 Å². The number of hydrogen-bond acceptors (Lipinski definition) is 3. The molecule has 0 bridgehead atoms. The maximum Gasteiger partial charge on any atom is 0.410 e. The van der Waals surface area contributed by atoms with E-state index in [1.54, 1.807) is 4.90 Å². The van der Waals surface area contributed by atoms with Crippen LogP contribution in [0.3, 0.4) is 0 Å². The van der Waals surface area contributed by atoms with Crippen molar-refractivity contribution in [2.24, 2.45) is 0 Å². The normalized spacial score (nSPS) is 22.0. The Kier molecular flexibility index (Phi) is 5.05. The Balaban J connectivity index is 2.44. The van der Waals surface area contributed by atoms with Crippen LogP contribution in [0.4, 0.5) is 4.79 Å². The van der Waals surface area contributed by atoms with Crippen LogP contribution in [0.1, 0.15) is 27.2 Å². The topological polar surface area (TPSA) is 38.8 Å². The lowest BCUT2D eigenvalue weighted by molar-refractivity contribution is -0.0423. The van der Waals surface area contributed by atoms with E-state index in [9.17, 15) is 4.79 Å². The third-order valence-corrected chi connectivity index (χ3v) is 2.68. The van der Waals surface area contributed by atoms with Crippen molar-refractivity contribution in [3.8, 4) is 0 Å². The fourth-order valence-corrected chi connectivity index (χ4v) is 2.02. The molecule has 0 aromatic heterocycles. The number of hydrogen-bond donors (Lipinski definition) is 0. The van der Waals surface area contributed by atoms with Crippen LogP contribution >= 0.6 is 15.9 Å². The van der Waals surface area contributed by atoms with Crippen molar-refractivity contribution in [3.05, 3.63) is 0 Å². The number of halogens is 1. The van der Waals surface area contributed by atoms with Gasteiger partial charge in [-0.05, 0) is 27.2 Å². The van der Waals surface area contributed by atoms with Crippen LogP contribution in [-0.2, 0) is 9.47 Å². The van der Waals surface area contributed by atoms with E-state index in [1.807, 2.05) is 20.8 Å². The maximum absolute atomic E-state index is 11.8. The van der Waals surface area contributed by atoms with Gasteiger partial charge in [-0.15, -0.1) is 0 Å². The van der Waals surface area contributed by atoms with Gasteiger partial charge in [0.1, 0.15) is 5.60 Å². The summed E-state index contributed by atoms with van der Waals surface area (Å²) in [5.41, 5.74) is -0.430. The first kappa shape index (κ1) is 13.8. The highest BCUT2D eigenvalue weighted by atomic mass is 79.9. The van der Waals surface area contributed by atoms with Gasteiger partial charge in [0.05, 0.1) is 19.3 Å². The van der Waals surface area contributed by atoms with Gasteiger partial charge in [-0.2, -0.15) is 0 Å². The molecule has 0 aliphatic carbocycles. The molecule has 1 fully saturated rings. The standard InChI is InChI=1S/C11H20BrNO3/c1-11(2,3)16-10(14)13-6-7-15-9(8-13)4-5-12/h9H,4-8H2,1-3H3/t9-/m1/s1. The molecule has 16 heavy (non-hydrogen) atoms. The summed E-state index contributed by atoms with van der Waals surface area (Å²) in [4.78, 5) is 13.5. The molecule has 0 spiro atoms. The van der Waals surface area contributed by atoms with Crippen molar-refractivity contribution in [2.45, 2.75) is 38.9 Å². The molecule has 1 amide bonds. The molecule has 0 aromatic rings. The quantitative estimate of drug-likeness (QED) is 0.734. The summed E-state index contributed by atoms with van der Waals surface area (Å²) >= 11 is 3.38. The minimum absolute atomic E-state index is 0.126. The number of morpholine rings is 1. The van der Waals surface area contributed by atoms with E-state index < -0.39 is 5.60 Å². The van der Waals surface area contributed by atoms with Crippen LogP contribution in [0.5, 0.6) is 0 Å². The predicted octanol–water partition coefficient (Wildman–Crippen LogP) is 2.41. The Labute approximate surface area is 105 Å². The second kappa shape index (κ2) is 5.87. The van der Waals surface area contributed by atoms with E-state index in [0.29, 0.717) is 19.7 Å². The largest absolute Gasteiger partial charge is 0.444 e. The Morgan fingerprint density at radius 2 is 2.25 bits per heavy atom. The third kappa shape index (κ3) is 4.70. The average molecular weight is 294 g/mol. The van der Waals surface area contributed by atoms with Gasteiger partial charge >= 0.3 is 6.09 Å². The molecule has 1 aliphatic heterocycles. The summed E-state index contributed by atoms with van der Waals surface area (Å²) in [6, 6.07) is 0. The van der Waals surface area contributed by atoms with Gasteiger partial charge in [-0.3, -0.25) is 0 Å². The lowest BCUT2D eigenvalue weighted by Gasteiger charge is -2.34. The maximum atomic E-state index is 11.8. The van der Waals surface area contributed by atoms with Crippen molar-refractivity contribution in [3.63, 3.8) is 0 Å². The summed E-state index contributed by atoms with van der Waals surface area (Å²) in [5.74, 6) is 0. The fraction of sp³-hybridized carbons (Fsp3) is 0.909. The second-order valence-corrected chi connectivity index (χ2v) is 5.69. The molecule has 94 valence electrons. The van der Waals surface area contributed by atoms with Crippen LogP contribution < -0.4 is 0 Å². The Morgan fingerprint density at radius 3 is 2.81 bits per heavy atom. The Morgan fingerprint density at radius 1 is 1.56 bits per heavy atom. The van der Waals surface area contributed by atoms with Crippen LogP contribution in [0.2, 0.25) is 0 Å². The third-order valence-electron chi connectivity index (χ3n) is 2.22. The zero-order chi connectivity index (χ0) is 12.2. The molecule has 4 nitrogen and oxygen atoms in total. The summed E-state index contributed by atoms with van der Waals surface area (Å²) in [5, 5.41) is 0.889. The van der Waals surface area contributed by atoms with E-state index in [2.05, 4.69) is 15.9 Å². The number of nitrogens with zero attached hydrogens (tertiary/aromatic N) is 1. The van der Waals surface area contributed by atoms with Crippen LogP contribution in [0, 0.1) is 0 Å². The van der Waals surface area contributed by atoms with Gasteiger partial charge in [0.2, 0.25) is 0 Å². The van der Waals surface area contributed by atoms with Crippen molar-refractivity contribution in [2.75, 3.05) is 25.0 Å². The van der Waals surface area contributed by atoms with Crippen molar-refractivity contribution >= 4 is 22.0 Å². The highest BCUT2D eigenvalue weighted by Gasteiger charge is 2.27. The number of carbonyl (C=O) groups is 1. The van der Waals surface area contributed by atoms with E-state index in [1.165, 1.54) is 0 Å². The monoisotopic (exact) mass is 293 g/mol. The van der Waals surface area contributed by atoms with Crippen molar-refractivity contribution < 1.29 is 14.3 Å². The van der Waals surface area contributed by atoms with Crippen molar-refractivity contribution in [1.29, 1.82) is 0 Å². The van der Waals surface area contributed by atoms with Crippen LogP contribution in [0.25, 0.3) is 0 Å². The highest BCUT2D eigenvalue weighted by Crippen LogP contribution is 2.14. The summed E-state index contributed by atoms with van der Waals surface area (Å²) in [6.45, 7) is 7.47. The Bertz CT molecular complexity index is 238. The Hall–Kier alpha value is -0.290. The number of rotatable bonds is 2. The minimum Gasteiger partial charge on any atom is -0.444 e. The molecule has 1 heterocycles. The molecule has 1 rings (SSSR count). The summed E-state index contributed by atoms with van der Waals surface area (Å²) < 4.78 is 10.9. The lowest BCUT2D eigenvalue weighted by Crippen LogP contribution is -2.47. The molecule has 1 saturated heterocycles. The summed E-state index contributed by atoms with van der Waals surface area (Å²) in [7, 11) is 0. The highest BCUT2D eigenvalue weighted by molar-refractivity contribution is 9.09. The molecule has 5 heteroatoms. The fourth-order valence-electron chi connectivity index (χ4n) is 1.51. The zero-order valence-electron chi connectivity index (χ0n) is 10.2. The lowest BCUT2D eigenvalue weighted by atomic mass is 10.2. The minimum atomic E-state index is -0.430. The van der Waals surface area contributed by atoms with E-state index in [-0.39, 0.29) is 12.2 Å². The van der Waals surface area contributed by atoms with Gasteiger partial charge in [0.15, 0.2) is 0 Å². The molecule has 1 atom stereocenters. The van der Waals surface area contributed by atoms with E-state index in [0.717, 1.165) is 11.8 Å². The van der Waals surface area contributed by atoms with Crippen LogP contribution in [0.15, 0.2) is 0 Å². The number of carbonyl (C=O) groups excluding carboxylic acids is 1. The van der Waals surface area contributed by atoms with Crippen LogP contribution in [-0.4, -0.2) is 47.7 Å². The smallest absolute Gasteiger partial charge is 0.410 e. The van der Waals surface area contributed by atoms with Gasteiger partial charge in [-0.25, -0.2) is 4.79 Å². The summed E-state index contributed by atoms with van der Waals surface area (Å²) in [6.07, 6.45) is 0.801. The molecular weight excluding hydrogens is 274 g/mol. The molecule has 1 aliphatic rings. The van der Waals surface area contributed by atoms with Gasteiger partial charge in [0, 0.05) is 11.9 Å². The molecular formula is C11H20BrNO3. The molecule has 0 N–H and O–H groups in total. The molecule has 0 saturated carbocycles. The van der Waals surface area contributed by atoms with Crippen molar-refractivity contribution in [1.82, 2.24) is 4.90 Å². The molecule has 0 aromatic carbocycles. The first-order chi connectivity index (χ1) is 7.42. The number of amides is 1. The average Bonchev–Trinajstić information content (AvgIpc) is 2.16. The van der Waals surface area contributed by atoms with E-state index in [4.69, 9.17) is 9.47 Å². The molecule has 0 unspecified atom stereocenters.